The zero-order valence-electron chi connectivity index (χ0n) is 9.67. The SMILES string of the molecule is N#Cc1ncn(CC(=O)c2ccc(Br)cc2)c1C#N. The van der Waals surface area contributed by atoms with Gasteiger partial charge in [-0.3, -0.25) is 4.79 Å². The average molecular weight is 315 g/mol. The van der Waals surface area contributed by atoms with Crippen molar-refractivity contribution in [2.75, 3.05) is 0 Å². The van der Waals surface area contributed by atoms with Crippen LogP contribution < -0.4 is 0 Å². The molecule has 0 bridgehead atoms. The molecule has 0 unspecified atom stereocenters. The minimum Gasteiger partial charge on any atom is -0.313 e. The fourth-order valence-corrected chi connectivity index (χ4v) is 1.85. The summed E-state index contributed by atoms with van der Waals surface area (Å²) in [4.78, 5) is 15.8. The lowest BCUT2D eigenvalue weighted by Gasteiger charge is -2.03. The number of halogens is 1. The van der Waals surface area contributed by atoms with Crippen LogP contribution >= 0.6 is 15.9 Å². The Labute approximate surface area is 117 Å². The number of nitrogens with zero attached hydrogens (tertiary/aromatic N) is 4. The van der Waals surface area contributed by atoms with Crippen LogP contribution in [0, 0.1) is 22.7 Å². The smallest absolute Gasteiger partial charge is 0.182 e. The number of hydrogen-bond acceptors (Lipinski definition) is 4. The summed E-state index contributed by atoms with van der Waals surface area (Å²) < 4.78 is 2.26. The van der Waals surface area contributed by atoms with Gasteiger partial charge in [0.2, 0.25) is 0 Å². The summed E-state index contributed by atoms with van der Waals surface area (Å²) in [6.07, 6.45) is 1.33. The molecule has 0 N–H and O–H groups in total. The molecule has 92 valence electrons. The first kappa shape index (κ1) is 13.0. The van der Waals surface area contributed by atoms with E-state index < -0.39 is 0 Å². The highest BCUT2D eigenvalue weighted by atomic mass is 79.9. The Morgan fingerprint density at radius 3 is 2.53 bits per heavy atom. The van der Waals surface area contributed by atoms with Crippen molar-refractivity contribution >= 4 is 21.7 Å². The Kier molecular flexibility index (Phi) is 3.74. The van der Waals surface area contributed by atoms with Crippen molar-refractivity contribution in [3.8, 4) is 12.1 Å². The van der Waals surface area contributed by atoms with E-state index in [1.165, 1.54) is 10.9 Å². The number of nitriles is 2. The van der Waals surface area contributed by atoms with Crippen molar-refractivity contribution < 1.29 is 4.79 Å². The Hall–Kier alpha value is -2.44. The first-order valence-corrected chi connectivity index (χ1v) is 6.09. The Morgan fingerprint density at radius 2 is 1.95 bits per heavy atom. The van der Waals surface area contributed by atoms with E-state index >= 15 is 0 Å². The van der Waals surface area contributed by atoms with Crippen molar-refractivity contribution in [2.24, 2.45) is 0 Å². The molecular weight excluding hydrogens is 308 g/mol. The number of aromatic nitrogens is 2. The molecule has 2 aromatic rings. The third-order valence-corrected chi connectivity index (χ3v) is 3.06. The van der Waals surface area contributed by atoms with E-state index in [-0.39, 0.29) is 23.7 Å². The molecule has 0 radical (unpaired) electrons. The standard InChI is InChI=1S/C13H7BrN4O/c14-10-3-1-9(2-4-10)13(19)7-18-8-17-11(5-15)12(18)6-16/h1-4,8H,7H2. The minimum absolute atomic E-state index is 0.0147. The van der Waals surface area contributed by atoms with Gasteiger partial charge in [0.15, 0.2) is 17.2 Å². The molecule has 1 aromatic carbocycles. The van der Waals surface area contributed by atoms with Crippen LogP contribution in [0.25, 0.3) is 0 Å². The predicted molar refractivity (Wildman–Crippen MR) is 70.1 cm³/mol. The van der Waals surface area contributed by atoms with Gasteiger partial charge in [-0.1, -0.05) is 28.1 Å². The summed E-state index contributed by atoms with van der Waals surface area (Å²) in [5.74, 6) is -0.147. The third kappa shape index (κ3) is 2.70. The van der Waals surface area contributed by atoms with Crippen LogP contribution in [-0.2, 0) is 6.54 Å². The molecule has 0 amide bonds. The van der Waals surface area contributed by atoms with E-state index in [1.807, 2.05) is 12.1 Å². The number of Topliss-reactive ketones (excluding diaryl/α,β-unsaturated/α-hetero) is 1. The maximum absolute atomic E-state index is 12.0. The highest BCUT2D eigenvalue weighted by Gasteiger charge is 2.13. The number of rotatable bonds is 3. The van der Waals surface area contributed by atoms with Crippen molar-refractivity contribution in [2.45, 2.75) is 6.54 Å². The van der Waals surface area contributed by atoms with Gasteiger partial charge >= 0.3 is 0 Å². The van der Waals surface area contributed by atoms with Crippen LogP contribution in [0.1, 0.15) is 21.7 Å². The highest BCUT2D eigenvalue weighted by Crippen LogP contribution is 2.12. The van der Waals surface area contributed by atoms with Gasteiger partial charge in [0, 0.05) is 10.0 Å². The second-order valence-corrected chi connectivity index (χ2v) is 4.64. The maximum atomic E-state index is 12.0. The summed E-state index contributed by atoms with van der Waals surface area (Å²) in [6.45, 7) is -0.0147. The number of ketones is 1. The van der Waals surface area contributed by atoms with Gasteiger partial charge in [-0.15, -0.1) is 0 Å². The normalized spacial score (nSPS) is 9.63. The molecule has 1 aromatic heterocycles. The quantitative estimate of drug-likeness (QED) is 0.814. The molecule has 19 heavy (non-hydrogen) atoms. The Balaban J connectivity index is 2.25. The molecule has 5 nitrogen and oxygen atoms in total. The van der Waals surface area contributed by atoms with E-state index in [0.717, 1.165) is 4.47 Å². The number of carbonyl (C=O) groups is 1. The summed E-state index contributed by atoms with van der Waals surface area (Å²) in [7, 11) is 0. The first-order chi connectivity index (χ1) is 9.15. The van der Waals surface area contributed by atoms with Crippen LogP contribution in [0.3, 0.4) is 0 Å². The lowest BCUT2D eigenvalue weighted by molar-refractivity contribution is 0.0972. The third-order valence-electron chi connectivity index (χ3n) is 2.53. The highest BCUT2D eigenvalue weighted by molar-refractivity contribution is 9.10. The van der Waals surface area contributed by atoms with Crippen molar-refractivity contribution in [3.63, 3.8) is 0 Å². The van der Waals surface area contributed by atoms with Gasteiger partial charge in [0.1, 0.15) is 12.1 Å². The van der Waals surface area contributed by atoms with Crippen LogP contribution in [0.15, 0.2) is 35.1 Å². The van der Waals surface area contributed by atoms with E-state index in [9.17, 15) is 4.79 Å². The number of carbonyl (C=O) groups excluding carboxylic acids is 1. The zero-order chi connectivity index (χ0) is 13.8. The van der Waals surface area contributed by atoms with Crippen molar-refractivity contribution in [1.82, 2.24) is 9.55 Å². The minimum atomic E-state index is -0.147. The summed E-state index contributed by atoms with van der Waals surface area (Å²) >= 11 is 3.29. The monoisotopic (exact) mass is 314 g/mol. The summed E-state index contributed by atoms with van der Waals surface area (Å²) in [6, 6.07) is 10.6. The second kappa shape index (κ2) is 5.47. The van der Waals surface area contributed by atoms with Gasteiger partial charge in [-0.25, -0.2) is 4.98 Å². The molecule has 1 heterocycles. The van der Waals surface area contributed by atoms with E-state index in [0.29, 0.717) is 5.56 Å². The first-order valence-electron chi connectivity index (χ1n) is 5.30. The molecule has 0 saturated heterocycles. The number of benzene rings is 1. The summed E-state index contributed by atoms with van der Waals surface area (Å²) in [5, 5.41) is 17.7. The maximum Gasteiger partial charge on any atom is 0.182 e. The van der Waals surface area contributed by atoms with Crippen molar-refractivity contribution in [3.05, 3.63) is 52.0 Å². The van der Waals surface area contributed by atoms with E-state index in [2.05, 4.69) is 20.9 Å². The molecule has 0 aliphatic carbocycles. The number of hydrogen-bond donors (Lipinski definition) is 0. The lowest BCUT2D eigenvalue weighted by atomic mass is 10.1. The van der Waals surface area contributed by atoms with Crippen LogP contribution in [0.2, 0.25) is 0 Å². The molecule has 0 fully saturated rings. The van der Waals surface area contributed by atoms with Gasteiger partial charge in [0.25, 0.3) is 0 Å². The molecular formula is C13H7BrN4O. The Bertz CT molecular complexity index is 704. The molecule has 0 aliphatic heterocycles. The second-order valence-electron chi connectivity index (χ2n) is 3.72. The van der Waals surface area contributed by atoms with Crippen molar-refractivity contribution in [1.29, 1.82) is 10.5 Å². The van der Waals surface area contributed by atoms with E-state index in [1.54, 1.807) is 24.3 Å². The zero-order valence-corrected chi connectivity index (χ0v) is 11.3. The molecule has 0 spiro atoms. The van der Waals surface area contributed by atoms with Gasteiger partial charge in [-0.2, -0.15) is 10.5 Å². The van der Waals surface area contributed by atoms with Gasteiger partial charge < -0.3 is 4.57 Å². The fraction of sp³-hybridized carbons (Fsp3) is 0.0769. The fourth-order valence-electron chi connectivity index (χ4n) is 1.58. The largest absolute Gasteiger partial charge is 0.313 e. The topological polar surface area (TPSA) is 82.5 Å². The molecule has 6 heteroatoms. The predicted octanol–water partition coefficient (Wildman–Crippen LogP) is 2.27. The van der Waals surface area contributed by atoms with Crippen LogP contribution in [0.5, 0.6) is 0 Å². The molecule has 2 rings (SSSR count). The molecule has 0 atom stereocenters. The van der Waals surface area contributed by atoms with Crippen LogP contribution in [-0.4, -0.2) is 15.3 Å². The molecule has 0 saturated carbocycles. The number of imidazole rings is 1. The van der Waals surface area contributed by atoms with Gasteiger partial charge in [-0.05, 0) is 12.1 Å². The van der Waals surface area contributed by atoms with E-state index in [4.69, 9.17) is 10.5 Å². The molecule has 0 aliphatic rings. The lowest BCUT2D eigenvalue weighted by Crippen LogP contribution is -2.11. The van der Waals surface area contributed by atoms with Gasteiger partial charge in [0.05, 0.1) is 12.9 Å². The summed E-state index contributed by atoms with van der Waals surface area (Å²) in [5.41, 5.74) is 0.679. The average Bonchev–Trinajstić information content (AvgIpc) is 2.81. The van der Waals surface area contributed by atoms with Crippen LogP contribution in [0.4, 0.5) is 0 Å². The Morgan fingerprint density at radius 1 is 1.26 bits per heavy atom.